The molecule has 2 unspecified atom stereocenters. The lowest BCUT2D eigenvalue weighted by Gasteiger charge is -2.21. The van der Waals surface area contributed by atoms with Gasteiger partial charge in [0.25, 0.3) is 0 Å². The lowest BCUT2D eigenvalue weighted by atomic mass is 10.1. The van der Waals surface area contributed by atoms with Crippen molar-refractivity contribution in [2.45, 2.75) is 36.2 Å². The zero-order valence-electron chi connectivity index (χ0n) is 11.9. The van der Waals surface area contributed by atoms with E-state index in [2.05, 4.69) is 46.7 Å². The highest BCUT2D eigenvalue weighted by Gasteiger charge is 2.33. The van der Waals surface area contributed by atoms with Gasteiger partial charge in [-0.05, 0) is 30.5 Å². The number of hydrogen-bond donors (Lipinski definition) is 1. The van der Waals surface area contributed by atoms with Crippen LogP contribution in [0.1, 0.15) is 30.5 Å². The SMILES string of the molecule is CCCNC1c2ccccc2CC1Sc1nncn1C. The molecule has 1 heterocycles. The van der Waals surface area contributed by atoms with E-state index in [9.17, 15) is 0 Å². The summed E-state index contributed by atoms with van der Waals surface area (Å²) >= 11 is 1.83. The van der Waals surface area contributed by atoms with E-state index in [4.69, 9.17) is 0 Å². The van der Waals surface area contributed by atoms with Crippen molar-refractivity contribution in [1.29, 1.82) is 0 Å². The van der Waals surface area contributed by atoms with Crippen LogP contribution in [0, 0.1) is 0 Å². The van der Waals surface area contributed by atoms with Crippen LogP contribution in [-0.4, -0.2) is 26.6 Å². The monoisotopic (exact) mass is 288 g/mol. The molecule has 4 nitrogen and oxygen atoms in total. The minimum atomic E-state index is 0.410. The summed E-state index contributed by atoms with van der Waals surface area (Å²) in [5, 5.41) is 13.3. The zero-order chi connectivity index (χ0) is 13.9. The third kappa shape index (κ3) is 2.60. The largest absolute Gasteiger partial charge is 0.312 e. The molecular weight excluding hydrogens is 268 g/mol. The van der Waals surface area contributed by atoms with E-state index in [0.29, 0.717) is 11.3 Å². The van der Waals surface area contributed by atoms with Gasteiger partial charge in [-0.3, -0.25) is 0 Å². The summed E-state index contributed by atoms with van der Waals surface area (Å²) in [5.41, 5.74) is 2.90. The third-order valence-corrected chi connectivity index (χ3v) is 5.05. The molecule has 106 valence electrons. The first-order valence-electron chi connectivity index (χ1n) is 7.11. The fraction of sp³-hybridized carbons (Fsp3) is 0.467. The van der Waals surface area contributed by atoms with Crippen molar-refractivity contribution in [1.82, 2.24) is 20.1 Å². The molecule has 1 aromatic carbocycles. The third-order valence-electron chi connectivity index (χ3n) is 3.72. The zero-order valence-corrected chi connectivity index (χ0v) is 12.7. The Morgan fingerprint density at radius 2 is 2.25 bits per heavy atom. The van der Waals surface area contributed by atoms with Crippen LogP contribution in [0.15, 0.2) is 35.7 Å². The molecular formula is C15H20N4S. The summed E-state index contributed by atoms with van der Waals surface area (Å²) in [6.07, 6.45) is 4.01. The van der Waals surface area contributed by atoms with Crippen molar-refractivity contribution in [2.75, 3.05) is 6.54 Å². The standard InChI is InChI=1S/C15H20N4S/c1-3-8-16-14-12-7-5-4-6-11(12)9-13(14)20-15-18-17-10-19(15)2/h4-7,10,13-14,16H,3,8-9H2,1-2H3. The van der Waals surface area contributed by atoms with Gasteiger partial charge in [-0.2, -0.15) is 0 Å². The van der Waals surface area contributed by atoms with Crippen LogP contribution in [0.5, 0.6) is 0 Å². The predicted molar refractivity (Wildman–Crippen MR) is 81.8 cm³/mol. The maximum Gasteiger partial charge on any atom is 0.191 e. The highest BCUT2D eigenvalue weighted by molar-refractivity contribution is 7.99. The van der Waals surface area contributed by atoms with Gasteiger partial charge in [-0.15, -0.1) is 10.2 Å². The van der Waals surface area contributed by atoms with Crippen LogP contribution < -0.4 is 5.32 Å². The molecule has 0 saturated carbocycles. The van der Waals surface area contributed by atoms with E-state index >= 15 is 0 Å². The molecule has 3 rings (SSSR count). The summed E-state index contributed by atoms with van der Waals surface area (Å²) in [4.78, 5) is 0. The van der Waals surface area contributed by atoms with Crippen molar-refractivity contribution in [3.05, 3.63) is 41.7 Å². The van der Waals surface area contributed by atoms with Crippen molar-refractivity contribution >= 4 is 11.8 Å². The van der Waals surface area contributed by atoms with E-state index in [1.165, 1.54) is 11.1 Å². The number of nitrogens with zero attached hydrogens (tertiary/aromatic N) is 3. The van der Waals surface area contributed by atoms with Gasteiger partial charge in [-0.25, -0.2) is 0 Å². The predicted octanol–water partition coefficient (Wildman–Crippen LogP) is 2.57. The molecule has 0 bridgehead atoms. The van der Waals surface area contributed by atoms with E-state index in [1.54, 1.807) is 6.33 Å². The molecule has 2 atom stereocenters. The lowest BCUT2D eigenvalue weighted by molar-refractivity contribution is 0.537. The molecule has 0 aliphatic heterocycles. The first-order valence-corrected chi connectivity index (χ1v) is 7.99. The minimum Gasteiger partial charge on any atom is -0.312 e. The number of thioether (sulfide) groups is 1. The number of aryl methyl sites for hydroxylation is 1. The molecule has 1 aromatic heterocycles. The van der Waals surface area contributed by atoms with Crippen molar-refractivity contribution in [3.8, 4) is 0 Å². The quantitative estimate of drug-likeness (QED) is 0.918. The van der Waals surface area contributed by atoms with Gasteiger partial charge in [0.15, 0.2) is 5.16 Å². The molecule has 20 heavy (non-hydrogen) atoms. The molecule has 5 heteroatoms. The fourth-order valence-electron chi connectivity index (χ4n) is 2.72. The summed E-state index contributed by atoms with van der Waals surface area (Å²) in [6, 6.07) is 9.17. The molecule has 1 aliphatic carbocycles. The summed E-state index contributed by atoms with van der Waals surface area (Å²) in [5.74, 6) is 0. The highest BCUT2D eigenvalue weighted by Crippen LogP contribution is 2.40. The number of nitrogens with one attached hydrogen (secondary N) is 1. The second kappa shape index (κ2) is 5.97. The van der Waals surface area contributed by atoms with Gasteiger partial charge in [0, 0.05) is 18.3 Å². The molecule has 0 radical (unpaired) electrons. The van der Waals surface area contributed by atoms with Crippen LogP contribution in [-0.2, 0) is 13.5 Å². The number of benzene rings is 1. The summed E-state index contributed by atoms with van der Waals surface area (Å²) in [7, 11) is 2.00. The van der Waals surface area contributed by atoms with Crippen molar-refractivity contribution < 1.29 is 0 Å². The van der Waals surface area contributed by atoms with Crippen LogP contribution in [0.2, 0.25) is 0 Å². The Labute approximate surface area is 124 Å². The smallest absolute Gasteiger partial charge is 0.191 e. The van der Waals surface area contributed by atoms with Gasteiger partial charge in [-0.1, -0.05) is 43.0 Å². The number of rotatable bonds is 5. The molecule has 1 aliphatic rings. The fourth-order valence-corrected chi connectivity index (χ4v) is 3.94. The minimum absolute atomic E-state index is 0.410. The average molecular weight is 288 g/mol. The second-order valence-corrected chi connectivity index (χ2v) is 6.42. The molecule has 0 saturated heterocycles. The van der Waals surface area contributed by atoms with Crippen molar-refractivity contribution in [2.24, 2.45) is 7.05 Å². The maximum atomic E-state index is 4.20. The van der Waals surface area contributed by atoms with Crippen molar-refractivity contribution in [3.63, 3.8) is 0 Å². The molecule has 0 amide bonds. The van der Waals surface area contributed by atoms with Gasteiger partial charge in [0.05, 0.1) is 0 Å². The topological polar surface area (TPSA) is 42.7 Å². The van der Waals surface area contributed by atoms with E-state index < -0.39 is 0 Å². The Morgan fingerprint density at radius 3 is 3.00 bits per heavy atom. The first kappa shape index (κ1) is 13.6. The van der Waals surface area contributed by atoms with E-state index in [1.807, 2.05) is 23.4 Å². The van der Waals surface area contributed by atoms with Gasteiger partial charge in [0.1, 0.15) is 6.33 Å². The van der Waals surface area contributed by atoms with Gasteiger partial charge < -0.3 is 9.88 Å². The first-order chi connectivity index (χ1) is 9.79. The Balaban J connectivity index is 1.82. The number of hydrogen-bond acceptors (Lipinski definition) is 4. The molecule has 1 N–H and O–H groups in total. The Bertz CT molecular complexity index is 581. The van der Waals surface area contributed by atoms with Crippen LogP contribution in [0.4, 0.5) is 0 Å². The second-order valence-electron chi connectivity index (χ2n) is 5.22. The van der Waals surface area contributed by atoms with Crippen LogP contribution in [0.25, 0.3) is 0 Å². The van der Waals surface area contributed by atoms with Crippen LogP contribution in [0.3, 0.4) is 0 Å². The Kier molecular flexibility index (Phi) is 4.08. The Morgan fingerprint density at radius 1 is 1.40 bits per heavy atom. The highest BCUT2D eigenvalue weighted by atomic mass is 32.2. The van der Waals surface area contributed by atoms with Gasteiger partial charge >= 0.3 is 0 Å². The summed E-state index contributed by atoms with van der Waals surface area (Å²) in [6.45, 7) is 3.26. The maximum absolute atomic E-state index is 4.20. The van der Waals surface area contributed by atoms with E-state index in [-0.39, 0.29) is 0 Å². The number of aromatic nitrogens is 3. The lowest BCUT2D eigenvalue weighted by Crippen LogP contribution is -2.28. The molecule has 0 fully saturated rings. The normalized spacial score (nSPS) is 21.1. The van der Waals surface area contributed by atoms with Crippen LogP contribution >= 0.6 is 11.8 Å². The van der Waals surface area contributed by atoms with Gasteiger partial charge in [0.2, 0.25) is 0 Å². The molecule has 2 aromatic rings. The summed E-state index contributed by atoms with van der Waals surface area (Å²) < 4.78 is 1.99. The average Bonchev–Trinajstić information content (AvgIpc) is 3.01. The van der Waals surface area contributed by atoms with E-state index in [0.717, 1.165) is 24.5 Å². The number of fused-ring (bicyclic) bond motifs is 1. The molecule has 0 spiro atoms. The Hall–Kier alpha value is -1.33.